The first kappa shape index (κ1) is 21.3. The molecule has 0 bridgehead atoms. The Labute approximate surface area is 186 Å². The van der Waals surface area contributed by atoms with Gasteiger partial charge in [0.05, 0.1) is 17.9 Å². The average molecular weight is 430 g/mol. The summed E-state index contributed by atoms with van der Waals surface area (Å²) >= 11 is 0. The minimum Gasteiger partial charge on any atom is -0.494 e. The smallest absolute Gasteiger partial charge is 0.282 e. The summed E-state index contributed by atoms with van der Waals surface area (Å²) in [4.78, 5) is 27.8. The number of anilines is 2. The van der Waals surface area contributed by atoms with Gasteiger partial charge in [0.15, 0.2) is 0 Å². The van der Waals surface area contributed by atoms with Gasteiger partial charge in [-0.3, -0.25) is 9.59 Å². The van der Waals surface area contributed by atoms with Gasteiger partial charge < -0.3 is 10.1 Å². The SMILES string of the molecule is CCCOc1ccc(C2=C(Nc3ccccc3C)C(=O)N(c3cccc(F)c3)C2=O)cc1. The normalized spacial score (nSPS) is 13.7. The van der Waals surface area contributed by atoms with Gasteiger partial charge in [-0.05, 0) is 60.9 Å². The van der Waals surface area contributed by atoms with Crippen LogP contribution in [0.3, 0.4) is 0 Å². The van der Waals surface area contributed by atoms with Crippen molar-refractivity contribution in [2.24, 2.45) is 0 Å². The number of amides is 2. The number of carbonyl (C=O) groups excluding carboxylic acids is 2. The first-order valence-corrected chi connectivity index (χ1v) is 10.4. The van der Waals surface area contributed by atoms with Gasteiger partial charge >= 0.3 is 0 Å². The fraction of sp³-hybridized carbons (Fsp3) is 0.154. The van der Waals surface area contributed by atoms with Crippen molar-refractivity contribution in [2.75, 3.05) is 16.8 Å². The van der Waals surface area contributed by atoms with Crippen LogP contribution in [0.4, 0.5) is 15.8 Å². The van der Waals surface area contributed by atoms with Gasteiger partial charge in [0.25, 0.3) is 11.8 Å². The number of hydrogen-bond donors (Lipinski definition) is 1. The summed E-state index contributed by atoms with van der Waals surface area (Å²) in [7, 11) is 0. The molecule has 0 saturated carbocycles. The number of nitrogens with zero attached hydrogens (tertiary/aromatic N) is 1. The standard InChI is InChI=1S/C26H23FN2O3/c1-3-15-32-21-13-11-18(12-14-21)23-24(28-22-10-5-4-7-17(22)2)26(31)29(25(23)30)20-9-6-8-19(27)16-20/h4-14,16,28H,3,15H2,1-2H3. The van der Waals surface area contributed by atoms with Gasteiger partial charge in [-0.1, -0.05) is 43.3 Å². The average Bonchev–Trinajstić information content (AvgIpc) is 3.03. The van der Waals surface area contributed by atoms with Crippen LogP contribution in [0.1, 0.15) is 24.5 Å². The molecule has 5 nitrogen and oxygen atoms in total. The summed E-state index contributed by atoms with van der Waals surface area (Å²) in [5, 5.41) is 3.14. The van der Waals surface area contributed by atoms with Gasteiger partial charge in [0.2, 0.25) is 0 Å². The van der Waals surface area contributed by atoms with E-state index in [-0.39, 0.29) is 17.0 Å². The molecule has 162 valence electrons. The lowest BCUT2D eigenvalue weighted by molar-refractivity contribution is -0.120. The topological polar surface area (TPSA) is 58.6 Å². The molecule has 32 heavy (non-hydrogen) atoms. The highest BCUT2D eigenvalue weighted by atomic mass is 19.1. The number of halogens is 1. The van der Waals surface area contributed by atoms with Crippen LogP contribution in [0.5, 0.6) is 5.75 Å². The molecule has 1 N–H and O–H groups in total. The van der Waals surface area contributed by atoms with Crippen LogP contribution in [0.15, 0.2) is 78.5 Å². The maximum atomic E-state index is 13.8. The predicted molar refractivity (Wildman–Crippen MR) is 123 cm³/mol. The molecule has 4 rings (SSSR count). The van der Waals surface area contributed by atoms with Crippen LogP contribution < -0.4 is 15.0 Å². The zero-order chi connectivity index (χ0) is 22.7. The quantitative estimate of drug-likeness (QED) is 0.516. The molecule has 3 aromatic carbocycles. The number of rotatable bonds is 7. The molecule has 0 saturated heterocycles. The number of carbonyl (C=O) groups is 2. The summed E-state index contributed by atoms with van der Waals surface area (Å²) in [6, 6.07) is 20.0. The fourth-order valence-electron chi connectivity index (χ4n) is 3.55. The van der Waals surface area contributed by atoms with E-state index < -0.39 is 17.6 Å². The molecule has 0 fully saturated rings. The van der Waals surface area contributed by atoms with Crippen molar-refractivity contribution in [1.82, 2.24) is 0 Å². The third kappa shape index (κ3) is 4.12. The minimum atomic E-state index is -0.537. The summed E-state index contributed by atoms with van der Waals surface area (Å²) < 4.78 is 19.5. The highest BCUT2D eigenvalue weighted by Gasteiger charge is 2.40. The van der Waals surface area contributed by atoms with E-state index in [1.54, 1.807) is 24.3 Å². The van der Waals surface area contributed by atoms with E-state index in [2.05, 4.69) is 5.32 Å². The number of imide groups is 1. The first-order valence-electron chi connectivity index (χ1n) is 10.4. The van der Waals surface area contributed by atoms with Gasteiger partial charge in [0.1, 0.15) is 17.3 Å². The Morgan fingerprint density at radius 2 is 1.69 bits per heavy atom. The molecule has 0 aromatic heterocycles. The molecule has 1 aliphatic rings. The van der Waals surface area contributed by atoms with E-state index in [0.717, 1.165) is 16.9 Å². The lowest BCUT2D eigenvalue weighted by Crippen LogP contribution is -2.32. The minimum absolute atomic E-state index is 0.149. The molecule has 2 amide bonds. The second kappa shape index (κ2) is 9.06. The maximum Gasteiger partial charge on any atom is 0.282 e. The van der Waals surface area contributed by atoms with E-state index >= 15 is 0 Å². The van der Waals surface area contributed by atoms with E-state index in [9.17, 15) is 14.0 Å². The van der Waals surface area contributed by atoms with Gasteiger partial charge in [-0.2, -0.15) is 0 Å². The van der Waals surface area contributed by atoms with Gasteiger partial charge in [-0.15, -0.1) is 0 Å². The number of hydrogen-bond acceptors (Lipinski definition) is 4. The number of para-hydroxylation sites is 1. The second-order valence-electron chi connectivity index (χ2n) is 7.49. The molecule has 0 aliphatic carbocycles. The van der Waals surface area contributed by atoms with Gasteiger partial charge in [0, 0.05) is 5.69 Å². The number of nitrogens with one attached hydrogen (secondary N) is 1. The number of ether oxygens (including phenoxy) is 1. The summed E-state index contributed by atoms with van der Waals surface area (Å²) in [5.74, 6) is -0.894. The molecule has 0 atom stereocenters. The zero-order valence-corrected chi connectivity index (χ0v) is 17.9. The Hall–Kier alpha value is -3.93. The van der Waals surface area contributed by atoms with Crippen LogP contribution in [0.25, 0.3) is 5.57 Å². The predicted octanol–water partition coefficient (Wildman–Crippen LogP) is 5.32. The van der Waals surface area contributed by atoms with Crippen molar-refractivity contribution in [3.8, 4) is 5.75 Å². The third-order valence-electron chi connectivity index (χ3n) is 5.17. The number of aryl methyl sites for hydroxylation is 1. The van der Waals surface area contributed by atoms with Crippen molar-refractivity contribution < 1.29 is 18.7 Å². The Kier molecular flexibility index (Phi) is 6.03. The van der Waals surface area contributed by atoms with Crippen molar-refractivity contribution >= 4 is 28.8 Å². The molecular formula is C26H23FN2O3. The summed E-state index contributed by atoms with van der Waals surface area (Å²) in [6.45, 7) is 4.52. The van der Waals surface area contributed by atoms with Crippen molar-refractivity contribution in [3.63, 3.8) is 0 Å². The summed E-state index contributed by atoms with van der Waals surface area (Å²) in [6.07, 6.45) is 0.882. The van der Waals surface area contributed by atoms with E-state index in [4.69, 9.17) is 4.74 Å². The Morgan fingerprint density at radius 3 is 2.38 bits per heavy atom. The lowest BCUT2D eigenvalue weighted by Gasteiger charge is -2.15. The van der Waals surface area contributed by atoms with E-state index in [1.165, 1.54) is 24.3 Å². The van der Waals surface area contributed by atoms with Crippen LogP contribution in [0.2, 0.25) is 0 Å². The lowest BCUT2D eigenvalue weighted by atomic mass is 10.0. The molecule has 3 aromatic rings. The zero-order valence-electron chi connectivity index (χ0n) is 17.9. The van der Waals surface area contributed by atoms with Crippen LogP contribution in [-0.4, -0.2) is 18.4 Å². The van der Waals surface area contributed by atoms with E-state index in [1.807, 2.05) is 38.1 Å². The Morgan fingerprint density at radius 1 is 0.938 bits per heavy atom. The van der Waals surface area contributed by atoms with Crippen molar-refractivity contribution in [2.45, 2.75) is 20.3 Å². The van der Waals surface area contributed by atoms with Crippen LogP contribution in [-0.2, 0) is 9.59 Å². The molecule has 0 spiro atoms. The molecule has 1 heterocycles. The molecular weight excluding hydrogens is 407 g/mol. The van der Waals surface area contributed by atoms with Crippen molar-refractivity contribution in [1.29, 1.82) is 0 Å². The monoisotopic (exact) mass is 430 g/mol. The highest BCUT2D eigenvalue weighted by molar-refractivity contribution is 6.46. The van der Waals surface area contributed by atoms with Crippen molar-refractivity contribution in [3.05, 3.63) is 95.4 Å². The molecule has 0 radical (unpaired) electrons. The highest BCUT2D eigenvalue weighted by Crippen LogP contribution is 2.35. The molecule has 6 heteroatoms. The van der Waals surface area contributed by atoms with Gasteiger partial charge in [-0.25, -0.2) is 9.29 Å². The first-order chi connectivity index (χ1) is 15.5. The van der Waals surface area contributed by atoms with Crippen LogP contribution >= 0.6 is 0 Å². The maximum absolute atomic E-state index is 13.8. The molecule has 1 aliphatic heterocycles. The third-order valence-corrected chi connectivity index (χ3v) is 5.17. The molecule has 0 unspecified atom stereocenters. The number of benzene rings is 3. The van der Waals surface area contributed by atoms with E-state index in [0.29, 0.717) is 23.6 Å². The second-order valence-corrected chi connectivity index (χ2v) is 7.49. The van der Waals surface area contributed by atoms with Crippen LogP contribution in [0, 0.1) is 12.7 Å². The fourth-order valence-corrected chi connectivity index (χ4v) is 3.55. The Balaban J connectivity index is 1.78. The Bertz CT molecular complexity index is 1200. The summed E-state index contributed by atoms with van der Waals surface area (Å²) in [5.41, 5.74) is 2.77. The largest absolute Gasteiger partial charge is 0.494 e.